The zero-order valence-corrected chi connectivity index (χ0v) is 14.2. The third-order valence-corrected chi connectivity index (χ3v) is 4.94. The smallest absolute Gasteiger partial charge is 0.317 e. The lowest BCUT2D eigenvalue weighted by molar-refractivity contribution is -0.0906. The average molecular weight is 331 g/mol. The molecule has 2 amide bonds. The molecule has 1 aliphatic heterocycles. The summed E-state index contributed by atoms with van der Waals surface area (Å²) in [6.07, 6.45) is 1.81. The van der Waals surface area contributed by atoms with Crippen LogP contribution in [0.5, 0.6) is 0 Å². The molecule has 1 saturated heterocycles. The minimum Gasteiger partial charge on any atom is -0.367 e. The number of nitrogens with one attached hydrogen (secondary N) is 1. The van der Waals surface area contributed by atoms with Crippen molar-refractivity contribution in [1.82, 2.24) is 15.2 Å². The number of ether oxygens (including phenoxy) is 1. The Kier molecular flexibility index (Phi) is 4.63. The SMILES string of the molecule is Cc1ncc(CNC(=O)N2CCO[C@@](C)(c3ccccc3)C2)s1. The highest BCUT2D eigenvalue weighted by Gasteiger charge is 2.35. The van der Waals surface area contributed by atoms with E-state index in [1.807, 2.05) is 55.3 Å². The molecule has 0 aliphatic carbocycles. The van der Waals surface area contributed by atoms with Crippen molar-refractivity contribution in [2.75, 3.05) is 19.7 Å². The maximum atomic E-state index is 12.4. The van der Waals surface area contributed by atoms with Crippen LogP contribution >= 0.6 is 11.3 Å². The number of carbonyl (C=O) groups excluding carboxylic acids is 1. The van der Waals surface area contributed by atoms with E-state index >= 15 is 0 Å². The maximum Gasteiger partial charge on any atom is 0.317 e. The molecule has 5 nitrogen and oxygen atoms in total. The van der Waals surface area contributed by atoms with Gasteiger partial charge in [0.2, 0.25) is 0 Å². The van der Waals surface area contributed by atoms with Crippen molar-refractivity contribution in [1.29, 1.82) is 0 Å². The Morgan fingerprint density at radius 2 is 2.22 bits per heavy atom. The second-order valence-electron chi connectivity index (χ2n) is 5.87. The topological polar surface area (TPSA) is 54.5 Å². The van der Waals surface area contributed by atoms with Crippen molar-refractivity contribution in [2.24, 2.45) is 0 Å². The number of thiazole rings is 1. The van der Waals surface area contributed by atoms with Gasteiger partial charge in [-0.1, -0.05) is 30.3 Å². The Morgan fingerprint density at radius 1 is 1.43 bits per heavy atom. The number of nitrogens with zero attached hydrogens (tertiary/aromatic N) is 2. The van der Waals surface area contributed by atoms with Gasteiger partial charge < -0.3 is 15.0 Å². The van der Waals surface area contributed by atoms with E-state index in [2.05, 4.69) is 10.3 Å². The molecule has 2 aromatic rings. The Morgan fingerprint density at radius 3 is 2.91 bits per heavy atom. The van der Waals surface area contributed by atoms with E-state index < -0.39 is 5.60 Å². The molecule has 1 fully saturated rings. The van der Waals surface area contributed by atoms with Crippen LogP contribution in [0.15, 0.2) is 36.5 Å². The van der Waals surface area contributed by atoms with Crippen LogP contribution in [0, 0.1) is 6.92 Å². The molecule has 0 unspecified atom stereocenters. The van der Waals surface area contributed by atoms with Gasteiger partial charge in [0, 0.05) is 17.6 Å². The van der Waals surface area contributed by atoms with Gasteiger partial charge in [-0.15, -0.1) is 11.3 Å². The second kappa shape index (κ2) is 6.68. The van der Waals surface area contributed by atoms with Crippen LogP contribution in [0.4, 0.5) is 4.79 Å². The van der Waals surface area contributed by atoms with Crippen LogP contribution in [0.2, 0.25) is 0 Å². The van der Waals surface area contributed by atoms with Crippen LogP contribution in [-0.4, -0.2) is 35.6 Å². The van der Waals surface area contributed by atoms with Gasteiger partial charge in [0.25, 0.3) is 0 Å². The first-order valence-corrected chi connectivity index (χ1v) is 8.52. The molecule has 1 N–H and O–H groups in total. The number of amides is 2. The summed E-state index contributed by atoms with van der Waals surface area (Å²) in [6.45, 7) is 6.21. The maximum absolute atomic E-state index is 12.4. The molecule has 2 heterocycles. The van der Waals surface area contributed by atoms with Crippen LogP contribution < -0.4 is 5.32 Å². The standard InChI is InChI=1S/C17H21N3O2S/c1-13-18-10-15(23-13)11-19-16(21)20-8-9-22-17(2,12-20)14-6-4-3-5-7-14/h3-7,10H,8-9,11-12H2,1-2H3,(H,19,21)/t17-/m1/s1. The molecular weight excluding hydrogens is 310 g/mol. The first-order chi connectivity index (χ1) is 11.1. The Bertz CT molecular complexity index is 673. The van der Waals surface area contributed by atoms with Crippen molar-refractivity contribution in [3.05, 3.63) is 52.0 Å². The first-order valence-electron chi connectivity index (χ1n) is 7.70. The fourth-order valence-corrected chi connectivity index (χ4v) is 3.50. The van der Waals surface area contributed by atoms with E-state index in [9.17, 15) is 4.79 Å². The third-order valence-electron chi connectivity index (χ3n) is 4.03. The quantitative estimate of drug-likeness (QED) is 0.941. The normalized spacial score (nSPS) is 21.2. The lowest BCUT2D eigenvalue weighted by atomic mass is 9.94. The molecule has 122 valence electrons. The summed E-state index contributed by atoms with van der Waals surface area (Å²) in [7, 11) is 0. The van der Waals surface area contributed by atoms with E-state index in [0.29, 0.717) is 26.2 Å². The Balaban J connectivity index is 1.62. The first kappa shape index (κ1) is 16.0. The molecule has 0 saturated carbocycles. The molecule has 1 atom stereocenters. The molecule has 1 aliphatic rings. The highest BCUT2D eigenvalue weighted by Crippen LogP contribution is 2.29. The summed E-state index contributed by atoms with van der Waals surface area (Å²) in [4.78, 5) is 19.5. The van der Waals surface area contributed by atoms with E-state index in [0.717, 1.165) is 15.4 Å². The van der Waals surface area contributed by atoms with Crippen LogP contribution in [0.25, 0.3) is 0 Å². The minimum atomic E-state index is -0.460. The minimum absolute atomic E-state index is 0.0542. The van der Waals surface area contributed by atoms with Crippen LogP contribution in [0.3, 0.4) is 0 Å². The molecule has 1 aromatic carbocycles. The van der Waals surface area contributed by atoms with Crippen molar-refractivity contribution in [3.63, 3.8) is 0 Å². The Hall–Kier alpha value is -1.92. The largest absolute Gasteiger partial charge is 0.367 e. The predicted octanol–water partition coefficient (Wildman–Crippen LogP) is 2.91. The van der Waals surface area contributed by atoms with Crippen LogP contribution in [-0.2, 0) is 16.9 Å². The van der Waals surface area contributed by atoms with Crippen molar-refractivity contribution >= 4 is 17.4 Å². The molecule has 3 rings (SSSR count). The van der Waals surface area contributed by atoms with E-state index in [1.54, 1.807) is 11.3 Å². The van der Waals surface area contributed by atoms with E-state index in [-0.39, 0.29) is 6.03 Å². The highest BCUT2D eigenvalue weighted by molar-refractivity contribution is 7.11. The fraction of sp³-hybridized carbons (Fsp3) is 0.412. The Labute approximate surface area is 140 Å². The van der Waals surface area contributed by atoms with Crippen molar-refractivity contribution in [3.8, 4) is 0 Å². The lowest BCUT2D eigenvalue weighted by Gasteiger charge is -2.40. The van der Waals surface area contributed by atoms with Gasteiger partial charge >= 0.3 is 6.03 Å². The van der Waals surface area contributed by atoms with Gasteiger partial charge in [0.05, 0.1) is 24.7 Å². The summed E-state index contributed by atoms with van der Waals surface area (Å²) >= 11 is 1.60. The molecule has 0 spiro atoms. The van der Waals surface area contributed by atoms with Gasteiger partial charge in [0.15, 0.2) is 0 Å². The van der Waals surface area contributed by atoms with E-state index in [1.165, 1.54) is 0 Å². The number of rotatable bonds is 3. The number of benzene rings is 1. The number of morpholine rings is 1. The fourth-order valence-electron chi connectivity index (χ4n) is 2.77. The number of hydrogen-bond acceptors (Lipinski definition) is 4. The molecule has 0 bridgehead atoms. The second-order valence-corrected chi connectivity index (χ2v) is 7.19. The highest BCUT2D eigenvalue weighted by atomic mass is 32.1. The zero-order valence-electron chi connectivity index (χ0n) is 13.4. The van der Waals surface area contributed by atoms with Crippen LogP contribution in [0.1, 0.15) is 22.4 Å². The molecule has 6 heteroatoms. The van der Waals surface area contributed by atoms with E-state index in [4.69, 9.17) is 4.74 Å². The predicted molar refractivity (Wildman–Crippen MR) is 90.4 cm³/mol. The third kappa shape index (κ3) is 3.71. The summed E-state index contributed by atoms with van der Waals surface area (Å²) in [6, 6.07) is 10.0. The summed E-state index contributed by atoms with van der Waals surface area (Å²) in [5.74, 6) is 0. The number of hydrogen-bond donors (Lipinski definition) is 1. The molecule has 23 heavy (non-hydrogen) atoms. The summed E-state index contributed by atoms with van der Waals surface area (Å²) < 4.78 is 5.97. The van der Waals surface area contributed by atoms with Crippen molar-refractivity contribution < 1.29 is 9.53 Å². The van der Waals surface area contributed by atoms with Gasteiger partial charge in [-0.3, -0.25) is 0 Å². The lowest BCUT2D eigenvalue weighted by Crippen LogP contribution is -2.53. The summed E-state index contributed by atoms with van der Waals surface area (Å²) in [5.41, 5.74) is 0.633. The number of aromatic nitrogens is 1. The number of aryl methyl sites for hydroxylation is 1. The molecule has 0 radical (unpaired) electrons. The average Bonchev–Trinajstić information content (AvgIpc) is 2.99. The zero-order chi connectivity index (χ0) is 16.3. The van der Waals surface area contributed by atoms with Gasteiger partial charge in [0.1, 0.15) is 5.60 Å². The number of urea groups is 1. The van der Waals surface area contributed by atoms with Crippen molar-refractivity contribution in [2.45, 2.75) is 26.0 Å². The monoisotopic (exact) mass is 331 g/mol. The molecular formula is C17H21N3O2S. The summed E-state index contributed by atoms with van der Waals surface area (Å²) in [5, 5.41) is 3.98. The van der Waals surface area contributed by atoms with Gasteiger partial charge in [-0.2, -0.15) is 0 Å². The van der Waals surface area contributed by atoms with Gasteiger partial charge in [-0.05, 0) is 19.4 Å². The molecule has 1 aromatic heterocycles. The number of carbonyl (C=O) groups is 1. The van der Waals surface area contributed by atoms with Gasteiger partial charge in [-0.25, -0.2) is 9.78 Å².